The number of benzene rings is 2. The van der Waals surface area contributed by atoms with Gasteiger partial charge in [0.2, 0.25) is 5.65 Å². The van der Waals surface area contributed by atoms with E-state index in [-0.39, 0.29) is 23.8 Å². The van der Waals surface area contributed by atoms with Crippen molar-refractivity contribution >= 4 is 17.4 Å². The van der Waals surface area contributed by atoms with Crippen LogP contribution in [-0.4, -0.2) is 21.7 Å². The van der Waals surface area contributed by atoms with E-state index >= 15 is 0 Å². The van der Waals surface area contributed by atoms with E-state index in [9.17, 15) is 4.79 Å². The van der Waals surface area contributed by atoms with Crippen molar-refractivity contribution in [2.24, 2.45) is 0 Å². The Labute approximate surface area is 237 Å². The quantitative estimate of drug-likeness (QED) is 0.152. The molecule has 4 rings (SSSR count). The van der Waals surface area contributed by atoms with Gasteiger partial charge in [-0.15, -0.1) is 4.68 Å². The van der Waals surface area contributed by atoms with Gasteiger partial charge in [0.05, 0.1) is 19.3 Å². The van der Waals surface area contributed by atoms with Gasteiger partial charge in [0.1, 0.15) is 11.9 Å². The monoisotopic (exact) mass is 541 g/mol. The molecule has 1 N–H and O–H groups in total. The van der Waals surface area contributed by atoms with Crippen LogP contribution in [0.1, 0.15) is 74.5 Å². The van der Waals surface area contributed by atoms with Crippen molar-refractivity contribution in [2.75, 3.05) is 5.32 Å². The zero-order valence-corrected chi connectivity index (χ0v) is 24.3. The van der Waals surface area contributed by atoms with Gasteiger partial charge in [0.15, 0.2) is 12.3 Å². The average Bonchev–Trinajstić information content (AvgIpc) is 3.27. The Bertz CT molecular complexity index is 1450. The molecule has 7 heteroatoms. The predicted molar refractivity (Wildman–Crippen MR) is 159 cm³/mol. The number of pyridine rings is 1. The first-order valence-corrected chi connectivity index (χ1v) is 14.0. The zero-order chi connectivity index (χ0) is 28.7. The van der Waals surface area contributed by atoms with Gasteiger partial charge in [0.25, 0.3) is 0 Å². The van der Waals surface area contributed by atoms with Crippen LogP contribution in [-0.2, 0) is 29.9 Å². The van der Waals surface area contributed by atoms with Crippen LogP contribution in [0.4, 0.5) is 5.95 Å². The fraction of sp³-hybridized carbons (Fsp3) is 0.364. The molecule has 2 aromatic heterocycles. The molecule has 0 aliphatic rings. The number of ketones is 1. The molecule has 0 bridgehead atoms. The maximum absolute atomic E-state index is 13.7. The van der Waals surface area contributed by atoms with E-state index < -0.39 is 0 Å². The van der Waals surface area contributed by atoms with E-state index in [0.717, 1.165) is 40.9 Å². The second-order valence-corrected chi connectivity index (χ2v) is 11.0. The maximum Gasteiger partial charge on any atom is 0.386 e. The molecule has 0 radical (unpaired) electrons. The van der Waals surface area contributed by atoms with Crippen LogP contribution in [0.3, 0.4) is 0 Å². The van der Waals surface area contributed by atoms with Gasteiger partial charge in [-0.1, -0.05) is 77.6 Å². The third-order valence-corrected chi connectivity index (χ3v) is 6.91. The molecule has 40 heavy (non-hydrogen) atoms. The Morgan fingerprint density at radius 2 is 1.77 bits per heavy atom. The fourth-order valence-corrected chi connectivity index (χ4v) is 4.55. The standard InChI is InChI=1S/C33H41N4O3/c1-7-28(8-2)40-29-15-16-31-36(20-29)32(34-9-3)35-37(31)21-30(38)26-17-25(18-27(19-26)33(4,5)6)23-39-22-24-13-11-10-12-14-24/h9-20,28H,3,7-8,21-23H2,1-2,4-6H3,(H,34,35)/q+1. The Morgan fingerprint density at radius 3 is 2.45 bits per heavy atom. The smallest absolute Gasteiger partial charge is 0.386 e. The van der Waals surface area contributed by atoms with Crippen LogP contribution in [0.15, 0.2) is 79.6 Å². The molecule has 4 aromatic rings. The lowest BCUT2D eigenvalue weighted by Gasteiger charge is -2.21. The summed E-state index contributed by atoms with van der Waals surface area (Å²) in [5.74, 6) is 1.29. The summed E-state index contributed by atoms with van der Waals surface area (Å²) in [5.41, 5.74) is 4.48. The minimum atomic E-state index is -0.120. The van der Waals surface area contributed by atoms with Gasteiger partial charge in [-0.25, -0.2) is 0 Å². The second-order valence-electron chi connectivity index (χ2n) is 11.0. The summed E-state index contributed by atoms with van der Waals surface area (Å²) in [6, 6.07) is 20.0. The summed E-state index contributed by atoms with van der Waals surface area (Å²) in [4.78, 5) is 13.7. The Hall–Kier alpha value is -3.97. The lowest BCUT2D eigenvalue weighted by Crippen LogP contribution is -2.25. The van der Waals surface area contributed by atoms with E-state index in [1.54, 1.807) is 10.9 Å². The van der Waals surface area contributed by atoms with Gasteiger partial charge in [0, 0.05) is 22.9 Å². The molecule has 0 spiro atoms. The normalized spacial score (nSPS) is 11.7. The number of carbonyl (C=O) groups is 1. The van der Waals surface area contributed by atoms with E-state index in [2.05, 4.69) is 57.7 Å². The first kappa shape index (κ1) is 29.0. The third kappa shape index (κ3) is 7.16. The second kappa shape index (κ2) is 12.9. The van der Waals surface area contributed by atoms with Crippen LogP contribution in [0, 0.1) is 0 Å². The molecular weight excluding hydrogens is 500 g/mol. The summed E-state index contributed by atoms with van der Waals surface area (Å²) in [6.07, 6.45) is 5.47. The highest BCUT2D eigenvalue weighted by Gasteiger charge is 2.23. The van der Waals surface area contributed by atoms with Crippen molar-refractivity contribution in [3.05, 3.63) is 102 Å². The van der Waals surface area contributed by atoms with Gasteiger partial charge in [-0.05, 0) is 53.1 Å². The molecule has 210 valence electrons. The van der Waals surface area contributed by atoms with E-state index in [4.69, 9.17) is 9.47 Å². The Balaban J connectivity index is 1.60. The van der Waals surface area contributed by atoms with Gasteiger partial charge in [-0.2, -0.15) is 4.40 Å². The van der Waals surface area contributed by atoms with Crippen LogP contribution in [0.5, 0.6) is 5.75 Å². The maximum atomic E-state index is 13.7. The van der Waals surface area contributed by atoms with Crippen LogP contribution in [0.2, 0.25) is 0 Å². The molecule has 0 saturated heterocycles. The molecule has 0 amide bonds. The molecule has 0 fully saturated rings. The summed E-state index contributed by atoms with van der Waals surface area (Å²) >= 11 is 0. The molecule has 0 atom stereocenters. The zero-order valence-electron chi connectivity index (χ0n) is 24.3. The average molecular weight is 542 g/mol. The van der Waals surface area contributed by atoms with Crippen molar-refractivity contribution in [1.29, 1.82) is 0 Å². The number of carbonyl (C=O) groups excluding carboxylic acids is 1. The predicted octanol–water partition coefficient (Wildman–Crippen LogP) is 6.64. The summed E-state index contributed by atoms with van der Waals surface area (Å²) in [6.45, 7) is 15.5. The molecular formula is C33H41N4O3+. The Kier molecular flexibility index (Phi) is 9.38. The fourth-order valence-electron chi connectivity index (χ4n) is 4.55. The number of ether oxygens (including phenoxy) is 2. The number of anilines is 1. The minimum Gasteiger partial charge on any atom is -0.488 e. The van der Waals surface area contributed by atoms with Crippen molar-refractivity contribution in [3.63, 3.8) is 0 Å². The van der Waals surface area contributed by atoms with Gasteiger partial charge in [-0.3, -0.25) is 10.1 Å². The lowest BCUT2D eigenvalue weighted by molar-refractivity contribution is -0.497. The molecule has 2 aromatic carbocycles. The number of fused-ring (bicyclic) bond motifs is 1. The number of rotatable bonds is 13. The van der Waals surface area contributed by atoms with E-state index in [0.29, 0.717) is 24.7 Å². The van der Waals surface area contributed by atoms with E-state index in [1.807, 2.05) is 65.2 Å². The number of hydrogen-bond acceptors (Lipinski definition) is 5. The minimum absolute atomic E-state index is 0.0251. The summed E-state index contributed by atoms with van der Waals surface area (Å²) in [5, 5.41) is 7.76. The molecule has 7 nitrogen and oxygen atoms in total. The lowest BCUT2D eigenvalue weighted by atomic mass is 9.84. The van der Waals surface area contributed by atoms with Crippen molar-refractivity contribution in [2.45, 2.75) is 78.7 Å². The highest BCUT2D eigenvalue weighted by molar-refractivity contribution is 5.96. The first-order chi connectivity index (χ1) is 19.2. The first-order valence-electron chi connectivity index (χ1n) is 14.0. The SMILES string of the molecule is C=CNc1nn(CC(=O)c2cc(COCc3ccccc3)cc(C(C)(C)C)c2)c2ccc(OC(CC)CC)c[n+]12. The topological polar surface area (TPSA) is 69.5 Å². The molecule has 0 aliphatic heterocycles. The number of aromatic nitrogens is 3. The van der Waals surface area contributed by atoms with Crippen LogP contribution < -0.4 is 14.5 Å². The molecule has 0 unspecified atom stereocenters. The van der Waals surface area contributed by atoms with Gasteiger partial charge < -0.3 is 9.47 Å². The van der Waals surface area contributed by atoms with Crippen molar-refractivity contribution in [3.8, 4) is 5.75 Å². The summed E-state index contributed by atoms with van der Waals surface area (Å²) < 4.78 is 15.8. The number of nitrogens with zero attached hydrogens (tertiary/aromatic N) is 3. The largest absolute Gasteiger partial charge is 0.488 e. The summed E-state index contributed by atoms with van der Waals surface area (Å²) in [7, 11) is 0. The van der Waals surface area contributed by atoms with Crippen LogP contribution in [0.25, 0.3) is 5.65 Å². The highest BCUT2D eigenvalue weighted by atomic mass is 16.5. The van der Waals surface area contributed by atoms with Crippen molar-refractivity contribution < 1.29 is 18.7 Å². The van der Waals surface area contributed by atoms with Crippen molar-refractivity contribution in [1.82, 2.24) is 9.78 Å². The van der Waals surface area contributed by atoms with E-state index in [1.165, 1.54) is 0 Å². The third-order valence-electron chi connectivity index (χ3n) is 6.91. The highest BCUT2D eigenvalue weighted by Crippen LogP contribution is 2.26. The number of hydrogen-bond donors (Lipinski definition) is 1. The Morgan fingerprint density at radius 1 is 1.05 bits per heavy atom. The molecule has 2 heterocycles. The van der Waals surface area contributed by atoms with Crippen LogP contribution >= 0.6 is 0 Å². The van der Waals surface area contributed by atoms with Gasteiger partial charge >= 0.3 is 5.95 Å². The molecule has 0 saturated carbocycles. The number of Topliss-reactive ketones (excluding diaryl/α,β-unsaturated/α-hetero) is 1. The number of nitrogens with one attached hydrogen (secondary N) is 1. The molecule has 0 aliphatic carbocycles.